The van der Waals surface area contributed by atoms with Crippen LogP contribution in [0.4, 0.5) is 0 Å². The van der Waals surface area contributed by atoms with Gasteiger partial charge in [0.05, 0.1) is 16.6 Å². The molecule has 114 valence electrons. The molecule has 0 aromatic heterocycles. The highest BCUT2D eigenvalue weighted by atomic mass is 32.2. The first kappa shape index (κ1) is 14.9. The maximum Gasteiger partial charge on any atom is 0.335 e. The molecule has 22 heavy (non-hydrogen) atoms. The van der Waals surface area contributed by atoms with Gasteiger partial charge in [-0.2, -0.15) is 0 Å². The lowest BCUT2D eigenvalue weighted by Gasteiger charge is -2.26. The van der Waals surface area contributed by atoms with E-state index in [1.165, 1.54) is 0 Å². The quantitative estimate of drug-likeness (QED) is 0.896. The van der Waals surface area contributed by atoms with Gasteiger partial charge in [0.2, 0.25) is 0 Å². The van der Waals surface area contributed by atoms with Crippen molar-refractivity contribution in [3.8, 4) is 5.75 Å². The van der Waals surface area contributed by atoms with Crippen molar-refractivity contribution in [3.05, 3.63) is 46.4 Å². The van der Waals surface area contributed by atoms with Gasteiger partial charge in [-0.25, -0.2) is 4.79 Å². The smallest absolute Gasteiger partial charge is 0.335 e. The van der Waals surface area contributed by atoms with E-state index in [9.17, 15) is 9.90 Å². The molecular formula is C17H17NO3S. The Labute approximate surface area is 133 Å². The normalized spacial score (nSPS) is 23.7. The Morgan fingerprint density at radius 1 is 1.32 bits per heavy atom. The summed E-state index contributed by atoms with van der Waals surface area (Å²) in [7, 11) is 0. The monoisotopic (exact) mass is 315 g/mol. The number of carboxylic acids is 1. The molecule has 1 aromatic carbocycles. The molecule has 0 bridgehead atoms. The van der Waals surface area contributed by atoms with Crippen LogP contribution in [0.15, 0.2) is 40.2 Å². The zero-order chi connectivity index (χ0) is 15.9. The van der Waals surface area contributed by atoms with E-state index in [0.29, 0.717) is 0 Å². The molecule has 1 N–H and O–H groups in total. The molecule has 2 unspecified atom stereocenters. The minimum atomic E-state index is -0.933. The summed E-state index contributed by atoms with van der Waals surface area (Å²) in [5, 5.41) is 10.2. The molecule has 3 rings (SSSR count). The first-order valence-electron chi connectivity index (χ1n) is 7.14. The maximum absolute atomic E-state index is 11.2. The minimum Gasteiger partial charge on any atom is -0.486 e. The highest BCUT2D eigenvalue weighted by molar-refractivity contribution is 8.17. The average molecular weight is 315 g/mol. The van der Waals surface area contributed by atoms with Gasteiger partial charge in [0, 0.05) is 10.5 Å². The molecular weight excluding hydrogens is 298 g/mol. The van der Waals surface area contributed by atoms with Gasteiger partial charge in [-0.3, -0.25) is 4.99 Å². The molecule has 0 saturated carbocycles. The third-order valence-corrected chi connectivity index (χ3v) is 4.51. The summed E-state index contributed by atoms with van der Waals surface area (Å²) in [4.78, 5) is 16.8. The van der Waals surface area contributed by atoms with E-state index in [0.717, 1.165) is 26.8 Å². The number of hydrogen-bond acceptors (Lipinski definition) is 4. The molecule has 2 aliphatic rings. The largest absolute Gasteiger partial charge is 0.486 e. The topological polar surface area (TPSA) is 58.9 Å². The van der Waals surface area contributed by atoms with E-state index in [1.807, 2.05) is 26.8 Å². The van der Waals surface area contributed by atoms with Crippen LogP contribution in [-0.4, -0.2) is 28.3 Å². The van der Waals surface area contributed by atoms with Gasteiger partial charge in [0.15, 0.2) is 0 Å². The SMILES string of the molecule is CC1=NC(C)C=C(C2=CC(C)Oc3ccc(C(=O)O)cc32)S1. The van der Waals surface area contributed by atoms with Crippen LogP contribution in [0.2, 0.25) is 0 Å². The molecule has 0 radical (unpaired) electrons. The molecule has 4 nitrogen and oxygen atoms in total. The first-order chi connectivity index (χ1) is 10.4. The molecule has 0 saturated heterocycles. The Hall–Kier alpha value is -2.01. The van der Waals surface area contributed by atoms with Gasteiger partial charge >= 0.3 is 5.97 Å². The highest BCUT2D eigenvalue weighted by Gasteiger charge is 2.24. The number of aromatic carboxylic acids is 1. The van der Waals surface area contributed by atoms with Crippen LogP contribution >= 0.6 is 11.8 Å². The highest BCUT2D eigenvalue weighted by Crippen LogP contribution is 2.42. The van der Waals surface area contributed by atoms with E-state index < -0.39 is 5.97 Å². The second-order valence-electron chi connectivity index (χ2n) is 5.44. The summed E-state index contributed by atoms with van der Waals surface area (Å²) in [6.45, 7) is 6.01. The van der Waals surface area contributed by atoms with E-state index >= 15 is 0 Å². The molecule has 2 atom stereocenters. The average Bonchev–Trinajstić information content (AvgIpc) is 2.44. The number of carboxylic acid groups (broad SMARTS) is 1. The fourth-order valence-electron chi connectivity index (χ4n) is 2.66. The summed E-state index contributed by atoms with van der Waals surface area (Å²) >= 11 is 1.62. The summed E-state index contributed by atoms with van der Waals surface area (Å²) in [6.07, 6.45) is 4.10. The Morgan fingerprint density at radius 3 is 2.77 bits per heavy atom. The Kier molecular flexibility index (Phi) is 3.83. The Bertz CT molecular complexity index is 733. The van der Waals surface area contributed by atoms with Crippen molar-refractivity contribution in [2.24, 2.45) is 4.99 Å². The summed E-state index contributed by atoms with van der Waals surface area (Å²) in [5.41, 5.74) is 2.13. The summed E-state index contributed by atoms with van der Waals surface area (Å²) < 4.78 is 5.81. The van der Waals surface area contributed by atoms with Crippen molar-refractivity contribution in [1.29, 1.82) is 0 Å². The number of thioether (sulfide) groups is 1. The number of hydrogen-bond donors (Lipinski definition) is 1. The molecule has 0 fully saturated rings. The molecule has 0 spiro atoms. The third kappa shape index (κ3) is 2.81. The minimum absolute atomic E-state index is 0.0471. The molecule has 0 amide bonds. The molecule has 2 heterocycles. The lowest BCUT2D eigenvalue weighted by molar-refractivity contribution is 0.0697. The maximum atomic E-state index is 11.2. The first-order valence-corrected chi connectivity index (χ1v) is 7.96. The number of nitrogens with zero attached hydrogens (tertiary/aromatic N) is 1. The van der Waals surface area contributed by atoms with Crippen LogP contribution in [0, 0.1) is 0 Å². The fourth-order valence-corrected chi connectivity index (χ4v) is 3.75. The zero-order valence-corrected chi connectivity index (χ0v) is 13.5. The summed E-state index contributed by atoms with van der Waals surface area (Å²) in [5.74, 6) is -0.207. The van der Waals surface area contributed by atoms with E-state index in [2.05, 4.69) is 11.1 Å². The summed E-state index contributed by atoms with van der Waals surface area (Å²) in [6, 6.07) is 5.12. The number of fused-ring (bicyclic) bond motifs is 1. The molecule has 0 aliphatic carbocycles. The van der Waals surface area contributed by atoms with Crippen molar-refractivity contribution in [2.75, 3.05) is 0 Å². The van der Waals surface area contributed by atoms with E-state index in [4.69, 9.17) is 4.74 Å². The molecule has 5 heteroatoms. The van der Waals surface area contributed by atoms with Gasteiger partial charge in [0.25, 0.3) is 0 Å². The standard InChI is InChI=1S/C17H17NO3S/c1-9-6-16(22-11(3)18-9)14-7-10(2)21-15-5-4-12(17(19)20)8-13(14)15/h4-10H,1-3H3,(H,19,20). The zero-order valence-electron chi connectivity index (χ0n) is 12.7. The predicted molar refractivity (Wildman–Crippen MR) is 89.7 cm³/mol. The van der Waals surface area contributed by atoms with Crippen molar-refractivity contribution in [1.82, 2.24) is 0 Å². The molecule has 1 aromatic rings. The van der Waals surface area contributed by atoms with Gasteiger partial charge in [0.1, 0.15) is 11.9 Å². The van der Waals surface area contributed by atoms with Gasteiger partial charge in [-0.1, -0.05) is 11.8 Å². The van der Waals surface area contributed by atoms with Crippen LogP contribution in [0.3, 0.4) is 0 Å². The number of carbonyl (C=O) groups is 1. The predicted octanol–water partition coefficient (Wildman–Crippen LogP) is 3.99. The van der Waals surface area contributed by atoms with Gasteiger partial charge < -0.3 is 9.84 Å². The second kappa shape index (κ2) is 5.65. The van der Waals surface area contributed by atoms with Crippen LogP contribution in [0.1, 0.15) is 36.7 Å². The van der Waals surface area contributed by atoms with Gasteiger partial charge in [-0.05, 0) is 56.7 Å². The molecule has 2 aliphatic heterocycles. The van der Waals surface area contributed by atoms with Crippen molar-refractivity contribution in [3.63, 3.8) is 0 Å². The number of aliphatic imine (C=N–C) groups is 1. The fraction of sp³-hybridized carbons (Fsp3) is 0.294. The number of allylic oxidation sites excluding steroid dienone is 1. The van der Waals surface area contributed by atoms with Crippen LogP contribution in [0.25, 0.3) is 5.57 Å². The Morgan fingerprint density at radius 2 is 2.09 bits per heavy atom. The van der Waals surface area contributed by atoms with Crippen molar-refractivity contribution in [2.45, 2.75) is 32.9 Å². The lowest BCUT2D eigenvalue weighted by Crippen LogP contribution is -2.17. The number of benzene rings is 1. The van der Waals surface area contributed by atoms with Gasteiger partial charge in [-0.15, -0.1) is 0 Å². The van der Waals surface area contributed by atoms with Crippen molar-refractivity contribution >= 4 is 28.3 Å². The van der Waals surface area contributed by atoms with E-state index in [1.54, 1.807) is 30.0 Å². The lowest BCUT2D eigenvalue weighted by atomic mass is 9.97. The van der Waals surface area contributed by atoms with Crippen LogP contribution < -0.4 is 4.74 Å². The second-order valence-corrected chi connectivity index (χ2v) is 6.68. The number of rotatable bonds is 2. The van der Waals surface area contributed by atoms with Crippen LogP contribution in [0.5, 0.6) is 5.75 Å². The number of ether oxygens (including phenoxy) is 1. The van der Waals surface area contributed by atoms with Crippen molar-refractivity contribution < 1.29 is 14.6 Å². The van der Waals surface area contributed by atoms with E-state index in [-0.39, 0.29) is 17.7 Å². The third-order valence-electron chi connectivity index (χ3n) is 3.53. The van der Waals surface area contributed by atoms with Crippen LogP contribution in [-0.2, 0) is 0 Å². The Balaban J connectivity index is 2.09.